The molecule has 1 aliphatic heterocycles. The monoisotopic (exact) mass is 310 g/mol. The highest BCUT2D eigenvalue weighted by atomic mass is 32.2. The van der Waals surface area contributed by atoms with Gasteiger partial charge < -0.3 is 19.7 Å². The number of aromatic nitrogens is 1. The van der Waals surface area contributed by atoms with Crippen LogP contribution in [0.2, 0.25) is 0 Å². The number of nitrogen functional groups attached to an aromatic ring is 1. The summed E-state index contributed by atoms with van der Waals surface area (Å²) >= 11 is 0. The van der Waals surface area contributed by atoms with Crippen molar-refractivity contribution in [3.63, 3.8) is 0 Å². The van der Waals surface area contributed by atoms with E-state index in [4.69, 9.17) is 19.7 Å². The van der Waals surface area contributed by atoms with Gasteiger partial charge in [0.1, 0.15) is 5.25 Å². The van der Waals surface area contributed by atoms with Crippen LogP contribution >= 0.6 is 0 Å². The van der Waals surface area contributed by atoms with Crippen molar-refractivity contribution in [2.75, 3.05) is 18.8 Å². The second-order valence-electron chi connectivity index (χ2n) is 4.85. The zero-order valence-corrected chi connectivity index (χ0v) is 12.3. The molecule has 21 heavy (non-hydrogen) atoms. The van der Waals surface area contributed by atoms with Crippen molar-refractivity contribution in [1.29, 1.82) is 0 Å². The number of hydrogen-bond donors (Lipinski definition) is 1. The van der Waals surface area contributed by atoms with E-state index in [-0.39, 0.29) is 18.4 Å². The molecule has 0 aliphatic carbocycles. The Kier molecular flexibility index (Phi) is 3.05. The minimum Gasteiger partial charge on any atom is -0.454 e. The average Bonchev–Trinajstić information content (AvgIpc) is 3.01. The quantitative estimate of drug-likeness (QED) is 0.920. The maximum atomic E-state index is 11.7. The Morgan fingerprint density at radius 1 is 1.29 bits per heavy atom. The summed E-state index contributed by atoms with van der Waals surface area (Å²) in [6.07, 6.45) is 1.14. The second kappa shape index (κ2) is 4.66. The number of anilines is 1. The summed E-state index contributed by atoms with van der Waals surface area (Å²) in [5.41, 5.74) is 6.96. The number of sulfone groups is 1. The molecule has 3 rings (SSSR count). The molecule has 0 amide bonds. The number of rotatable bonds is 3. The van der Waals surface area contributed by atoms with Gasteiger partial charge in [0.25, 0.3) is 0 Å². The molecule has 1 unspecified atom stereocenters. The van der Waals surface area contributed by atoms with Crippen molar-refractivity contribution in [3.05, 3.63) is 24.0 Å². The molecule has 0 saturated heterocycles. The molecule has 2 N–H and O–H groups in total. The van der Waals surface area contributed by atoms with Gasteiger partial charge in [-0.3, -0.25) is 0 Å². The number of ether oxygens (including phenoxy) is 2. The topological polar surface area (TPSA) is 105 Å². The summed E-state index contributed by atoms with van der Waals surface area (Å²) in [6, 6.07) is 5.22. The van der Waals surface area contributed by atoms with E-state index in [1.807, 2.05) is 0 Å². The number of nitrogens with zero attached hydrogens (tertiary/aromatic N) is 1. The van der Waals surface area contributed by atoms with Gasteiger partial charge in [-0.15, -0.1) is 0 Å². The van der Waals surface area contributed by atoms with Gasteiger partial charge in [0.05, 0.1) is 5.56 Å². The molecular formula is C13H14N2O5S. The predicted octanol–water partition coefficient (Wildman–Crippen LogP) is 1.76. The van der Waals surface area contributed by atoms with Crippen molar-refractivity contribution >= 4 is 15.7 Å². The SMILES string of the molecule is CC(c1onc(N)c1-c1ccc2c(c1)OCO2)S(C)(=O)=O. The van der Waals surface area contributed by atoms with Crippen LogP contribution < -0.4 is 15.2 Å². The molecule has 7 nitrogen and oxygen atoms in total. The van der Waals surface area contributed by atoms with Crippen LogP contribution in [0.25, 0.3) is 11.1 Å². The average molecular weight is 310 g/mol. The predicted molar refractivity (Wildman–Crippen MR) is 75.7 cm³/mol. The Morgan fingerprint density at radius 2 is 2.00 bits per heavy atom. The largest absolute Gasteiger partial charge is 0.454 e. The van der Waals surface area contributed by atoms with E-state index in [9.17, 15) is 8.42 Å². The van der Waals surface area contributed by atoms with Crippen molar-refractivity contribution in [1.82, 2.24) is 5.16 Å². The molecule has 2 aromatic rings. The molecule has 1 aromatic carbocycles. The normalized spacial score (nSPS) is 15.1. The summed E-state index contributed by atoms with van der Waals surface area (Å²) in [4.78, 5) is 0. The molecule has 112 valence electrons. The highest BCUT2D eigenvalue weighted by Gasteiger charge is 2.28. The molecule has 0 radical (unpaired) electrons. The fourth-order valence-electron chi connectivity index (χ4n) is 2.13. The minimum atomic E-state index is -3.33. The van der Waals surface area contributed by atoms with E-state index in [1.54, 1.807) is 18.2 Å². The maximum absolute atomic E-state index is 11.7. The Balaban J connectivity index is 2.13. The lowest BCUT2D eigenvalue weighted by Crippen LogP contribution is -2.08. The molecule has 0 fully saturated rings. The minimum absolute atomic E-state index is 0.138. The number of hydrogen-bond acceptors (Lipinski definition) is 7. The molecule has 1 atom stereocenters. The van der Waals surface area contributed by atoms with Crippen LogP contribution in [0.3, 0.4) is 0 Å². The summed E-state index contributed by atoms with van der Waals surface area (Å²) in [6.45, 7) is 1.69. The first-order valence-electron chi connectivity index (χ1n) is 6.22. The molecular weight excluding hydrogens is 296 g/mol. The van der Waals surface area contributed by atoms with E-state index >= 15 is 0 Å². The Labute approximate surface area is 121 Å². The van der Waals surface area contributed by atoms with Crippen LogP contribution in [0.1, 0.15) is 17.9 Å². The van der Waals surface area contributed by atoms with E-state index in [0.717, 1.165) is 6.26 Å². The van der Waals surface area contributed by atoms with Gasteiger partial charge in [-0.05, 0) is 24.6 Å². The van der Waals surface area contributed by atoms with Gasteiger partial charge in [-0.2, -0.15) is 0 Å². The Morgan fingerprint density at radius 3 is 2.71 bits per heavy atom. The van der Waals surface area contributed by atoms with E-state index in [2.05, 4.69) is 5.16 Å². The van der Waals surface area contributed by atoms with Crippen LogP contribution in [0.4, 0.5) is 5.82 Å². The number of fused-ring (bicyclic) bond motifs is 1. The molecule has 0 spiro atoms. The van der Waals surface area contributed by atoms with E-state index in [0.29, 0.717) is 22.6 Å². The molecule has 8 heteroatoms. The van der Waals surface area contributed by atoms with Crippen LogP contribution in [0, 0.1) is 0 Å². The lowest BCUT2D eigenvalue weighted by molar-refractivity contribution is 0.174. The molecule has 1 aromatic heterocycles. The van der Waals surface area contributed by atoms with Crippen molar-refractivity contribution in [2.24, 2.45) is 0 Å². The standard InChI is InChI=1S/C13H14N2O5S/c1-7(21(2,16)17)12-11(13(14)15-20-12)8-3-4-9-10(5-8)19-6-18-9/h3-5,7H,6H2,1-2H3,(H2,14,15). The first-order chi connectivity index (χ1) is 9.88. The van der Waals surface area contributed by atoms with Crippen molar-refractivity contribution in [3.8, 4) is 22.6 Å². The third-order valence-corrected chi connectivity index (χ3v) is 4.92. The summed E-state index contributed by atoms with van der Waals surface area (Å²) in [7, 11) is -3.33. The van der Waals surface area contributed by atoms with Gasteiger partial charge in [0, 0.05) is 6.26 Å². The molecule has 0 bridgehead atoms. The maximum Gasteiger partial charge on any atom is 0.231 e. The summed E-state index contributed by atoms with van der Waals surface area (Å²) in [5.74, 6) is 1.56. The van der Waals surface area contributed by atoms with Crippen LogP contribution in [-0.2, 0) is 9.84 Å². The fourth-order valence-corrected chi connectivity index (χ4v) is 2.68. The van der Waals surface area contributed by atoms with Gasteiger partial charge in [0.15, 0.2) is 32.9 Å². The highest BCUT2D eigenvalue weighted by molar-refractivity contribution is 7.90. The van der Waals surface area contributed by atoms with E-state index < -0.39 is 15.1 Å². The van der Waals surface area contributed by atoms with Crippen molar-refractivity contribution < 1.29 is 22.4 Å². The smallest absolute Gasteiger partial charge is 0.231 e. The molecule has 0 saturated carbocycles. The van der Waals surface area contributed by atoms with Gasteiger partial charge in [-0.25, -0.2) is 8.42 Å². The number of nitrogens with two attached hydrogens (primary N) is 1. The zero-order chi connectivity index (χ0) is 15.2. The third-order valence-electron chi connectivity index (χ3n) is 3.42. The lowest BCUT2D eigenvalue weighted by atomic mass is 10.0. The molecule has 2 heterocycles. The first-order valence-corrected chi connectivity index (χ1v) is 8.17. The first kappa shape index (κ1) is 13.7. The highest BCUT2D eigenvalue weighted by Crippen LogP contribution is 2.41. The van der Waals surface area contributed by atoms with E-state index in [1.165, 1.54) is 6.92 Å². The van der Waals surface area contributed by atoms with Crippen LogP contribution in [0.15, 0.2) is 22.7 Å². The lowest BCUT2D eigenvalue weighted by Gasteiger charge is -2.09. The van der Waals surface area contributed by atoms with Crippen LogP contribution in [-0.4, -0.2) is 26.6 Å². The van der Waals surface area contributed by atoms with Gasteiger partial charge in [-0.1, -0.05) is 11.2 Å². The number of benzene rings is 1. The summed E-state index contributed by atoms with van der Waals surface area (Å²) < 4.78 is 39.2. The Bertz CT molecular complexity index is 797. The fraction of sp³-hybridized carbons (Fsp3) is 0.308. The Hall–Kier alpha value is -2.22. The summed E-state index contributed by atoms with van der Waals surface area (Å²) in [5, 5.41) is 2.84. The van der Waals surface area contributed by atoms with Crippen molar-refractivity contribution in [2.45, 2.75) is 12.2 Å². The third kappa shape index (κ3) is 2.31. The second-order valence-corrected chi connectivity index (χ2v) is 7.21. The van der Waals surface area contributed by atoms with Gasteiger partial charge in [0.2, 0.25) is 6.79 Å². The molecule has 1 aliphatic rings. The zero-order valence-electron chi connectivity index (χ0n) is 11.5. The van der Waals surface area contributed by atoms with Gasteiger partial charge >= 0.3 is 0 Å². The van der Waals surface area contributed by atoms with Crippen LogP contribution in [0.5, 0.6) is 11.5 Å².